The van der Waals surface area contributed by atoms with Crippen molar-refractivity contribution in [2.45, 2.75) is 6.92 Å². The lowest BCUT2D eigenvalue weighted by Crippen LogP contribution is -2.51. The van der Waals surface area contributed by atoms with Crippen LogP contribution in [0.2, 0.25) is 0 Å². The summed E-state index contributed by atoms with van der Waals surface area (Å²) in [7, 11) is 1.59. The maximum Gasteiger partial charge on any atom is 0.321 e. The number of ether oxygens (including phenoxy) is 1. The minimum atomic E-state index is -0.385. The molecule has 1 aromatic heterocycles. The lowest BCUT2D eigenvalue weighted by atomic mass is 10.1. The van der Waals surface area contributed by atoms with E-state index >= 15 is 0 Å². The van der Waals surface area contributed by atoms with Crippen LogP contribution in [-0.4, -0.2) is 59.6 Å². The van der Waals surface area contributed by atoms with Gasteiger partial charge in [-0.2, -0.15) is 0 Å². The first-order valence-electron chi connectivity index (χ1n) is 12.6. The maximum absolute atomic E-state index is 15.0. The topological polar surface area (TPSA) is 66.8 Å². The van der Waals surface area contributed by atoms with E-state index in [-0.39, 0.29) is 17.8 Å². The van der Waals surface area contributed by atoms with Crippen molar-refractivity contribution in [3.63, 3.8) is 0 Å². The summed E-state index contributed by atoms with van der Waals surface area (Å²) in [5.74, 6) is 0.123. The summed E-state index contributed by atoms with van der Waals surface area (Å²) in [6.07, 6.45) is 0. The number of nitrogens with one attached hydrogen (secondary N) is 1. The molecule has 1 saturated heterocycles. The van der Waals surface area contributed by atoms with Crippen molar-refractivity contribution in [1.29, 1.82) is 0 Å². The predicted octanol–water partition coefficient (Wildman–Crippen LogP) is 6.35. The summed E-state index contributed by atoms with van der Waals surface area (Å²) in [6, 6.07) is 23.0. The van der Waals surface area contributed by atoms with Gasteiger partial charge in [-0.15, -0.1) is 0 Å². The second-order valence-corrected chi connectivity index (χ2v) is 10.1. The van der Waals surface area contributed by atoms with Gasteiger partial charge in [0.25, 0.3) is 5.91 Å². The first kappa shape index (κ1) is 26.5. The number of halogens is 2. The van der Waals surface area contributed by atoms with Gasteiger partial charge in [0.15, 0.2) is 0 Å². The highest BCUT2D eigenvalue weighted by atomic mass is 79.9. The maximum atomic E-state index is 15.0. The van der Waals surface area contributed by atoms with Gasteiger partial charge in [0, 0.05) is 41.9 Å². The van der Waals surface area contributed by atoms with Gasteiger partial charge in [0.05, 0.1) is 29.7 Å². The monoisotopic (exact) mass is 590 g/mol. The normalized spacial score (nSPS) is 13.3. The third-order valence-electron chi connectivity index (χ3n) is 6.91. The van der Waals surface area contributed by atoms with Crippen molar-refractivity contribution in [2.75, 3.05) is 38.6 Å². The third-order valence-corrected chi connectivity index (χ3v) is 7.60. The number of urea groups is 1. The van der Waals surface area contributed by atoms with Crippen LogP contribution in [0.1, 0.15) is 16.1 Å². The Morgan fingerprint density at radius 1 is 0.897 bits per heavy atom. The van der Waals surface area contributed by atoms with Crippen molar-refractivity contribution in [1.82, 2.24) is 14.4 Å². The highest BCUT2D eigenvalue weighted by Crippen LogP contribution is 2.33. The van der Waals surface area contributed by atoms with Crippen molar-refractivity contribution < 1.29 is 18.7 Å². The highest BCUT2D eigenvalue weighted by molar-refractivity contribution is 9.10. The molecule has 0 unspecified atom stereocenters. The van der Waals surface area contributed by atoms with Crippen LogP contribution < -0.4 is 10.1 Å². The van der Waals surface area contributed by atoms with Crippen LogP contribution in [-0.2, 0) is 0 Å². The summed E-state index contributed by atoms with van der Waals surface area (Å²) in [6.45, 7) is 3.41. The zero-order chi connectivity index (χ0) is 27.5. The van der Waals surface area contributed by atoms with Crippen LogP contribution in [0.25, 0.3) is 16.9 Å². The molecule has 200 valence electrons. The van der Waals surface area contributed by atoms with E-state index in [1.54, 1.807) is 39.7 Å². The Labute approximate surface area is 234 Å². The van der Waals surface area contributed by atoms with Gasteiger partial charge in [-0.3, -0.25) is 4.79 Å². The number of hydrogen-bond acceptors (Lipinski definition) is 3. The Morgan fingerprint density at radius 3 is 2.31 bits per heavy atom. The number of nitrogens with zero attached hydrogens (tertiary/aromatic N) is 3. The van der Waals surface area contributed by atoms with Gasteiger partial charge >= 0.3 is 6.03 Å². The zero-order valence-corrected chi connectivity index (χ0v) is 23.2. The van der Waals surface area contributed by atoms with Crippen LogP contribution in [0.4, 0.5) is 14.9 Å². The number of para-hydroxylation sites is 2. The summed E-state index contributed by atoms with van der Waals surface area (Å²) < 4.78 is 23.0. The molecule has 0 bridgehead atoms. The first-order valence-corrected chi connectivity index (χ1v) is 13.4. The van der Waals surface area contributed by atoms with Gasteiger partial charge in [-0.25, -0.2) is 9.18 Å². The van der Waals surface area contributed by atoms with E-state index in [9.17, 15) is 14.0 Å². The van der Waals surface area contributed by atoms with E-state index in [1.165, 1.54) is 6.07 Å². The molecule has 1 N–H and O–H groups in total. The molecular formula is C30H28BrFN4O3. The molecule has 0 radical (unpaired) electrons. The molecule has 1 aliphatic rings. The molecule has 0 aliphatic carbocycles. The molecule has 39 heavy (non-hydrogen) atoms. The number of benzene rings is 3. The summed E-state index contributed by atoms with van der Waals surface area (Å²) >= 11 is 3.45. The summed E-state index contributed by atoms with van der Waals surface area (Å²) in [5, 5.41) is 2.91. The quantitative estimate of drug-likeness (QED) is 0.294. The van der Waals surface area contributed by atoms with Crippen molar-refractivity contribution >= 4 is 33.6 Å². The van der Waals surface area contributed by atoms with Crippen molar-refractivity contribution in [3.8, 4) is 22.7 Å². The van der Waals surface area contributed by atoms with E-state index in [0.29, 0.717) is 60.3 Å². The molecule has 0 saturated carbocycles. The predicted molar refractivity (Wildman–Crippen MR) is 153 cm³/mol. The van der Waals surface area contributed by atoms with Crippen LogP contribution >= 0.6 is 15.9 Å². The number of carbonyl (C=O) groups excluding carboxylic acids is 2. The van der Waals surface area contributed by atoms with Crippen molar-refractivity contribution in [3.05, 3.63) is 100 Å². The van der Waals surface area contributed by atoms with Crippen LogP contribution in [0.3, 0.4) is 0 Å². The van der Waals surface area contributed by atoms with Gasteiger partial charge in [0.1, 0.15) is 11.6 Å². The Morgan fingerprint density at radius 2 is 1.59 bits per heavy atom. The largest absolute Gasteiger partial charge is 0.497 e. The van der Waals surface area contributed by atoms with Crippen molar-refractivity contribution in [2.24, 2.45) is 0 Å². The van der Waals surface area contributed by atoms with Gasteiger partial charge in [0.2, 0.25) is 0 Å². The molecule has 2 heterocycles. The smallest absolute Gasteiger partial charge is 0.321 e. The van der Waals surface area contributed by atoms with E-state index in [4.69, 9.17) is 4.74 Å². The zero-order valence-electron chi connectivity index (χ0n) is 21.7. The molecule has 1 aliphatic heterocycles. The lowest BCUT2D eigenvalue weighted by molar-refractivity contribution is 0.0671. The lowest BCUT2D eigenvalue weighted by Gasteiger charge is -2.34. The number of rotatable bonds is 5. The minimum absolute atomic E-state index is 0.155. The molecule has 4 aromatic rings. The minimum Gasteiger partial charge on any atom is -0.497 e. The Bertz CT molecular complexity index is 1530. The number of amides is 3. The molecule has 7 nitrogen and oxygen atoms in total. The molecule has 0 atom stereocenters. The average molecular weight is 591 g/mol. The number of hydrogen-bond donors (Lipinski definition) is 1. The van der Waals surface area contributed by atoms with Crippen LogP contribution in [0, 0.1) is 12.7 Å². The first-order chi connectivity index (χ1) is 18.9. The van der Waals surface area contributed by atoms with E-state index in [0.717, 1.165) is 10.0 Å². The molecule has 0 spiro atoms. The fourth-order valence-electron chi connectivity index (χ4n) is 4.80. The number of aromatic nitrogens is 1. The molecule has 3 aromatic carbocycles. The van der Waals surface area contributed by atoms with E-state index in [2.05, 4.69) is 21.2 Å². The Hall–Kier alpha value is -4.11. The molecule has 5 rings (SSSR count). The molecular weight excluding hydrogens is 563 g/mol. The summed E-state index contributed by atoms with van der Waals surface area (Å²) in [4.78, 5) is 30.0. The third kappa shape index (κ3) is 5.40. The van der Waals surface area contributed by atoms with E-state index in [1.807, 2.05) is 61.5 Å². The molecule has 3 amide bonds. The Kier molecular flexibility index (Phi) is 7.70. The fourth-order valence-corrected chi connectivity index (χ4v) is 5.19. The van der Waals surface area contributed by atoms with Crippen LogP contribution in [0.15, 0.2) is 83.3 Å². The highest BCUT2D eigenvalue weighted by Gasteiger charge is 2.29. The van der Waals surface area contributed by atoms with Gasteiger partial charge in [-0.05, 0) is 65.3 Å². The molecule has 1 fully saturated rings. The number of anilines is 1. The number of methoxy groups -OCH3 is 1. The van der Waals surface area contributed by atoms with Crippen LogP contribution in [0.5, 0.6) is 5.75 Å². The second kappa shape index (κ2) is 11.3. The number of carbonyl (C=O) groups is 2. The van der Waals surface area contributed by atoms with Gasteiger partial charge < -0.3 is 24.4 Å². The average Bonchev–Trinajstić information content (AvgIpc) is 3.30. The molecule has 9 heteroatoms. The summed E-state index contributed by atoms with van der Waals surface area (Å²) in [5.41, 5.74) is 3.66. The SMILES string of the molecule is COc1cccc(-c2cc(C(=O)N3CCN(C(=O)Nc4ccccc4Br)CC3)c(C)n2-c2ccccc2F)c1. The second-order valence-electron chi connectivity index (χ2n) is 9.24. The fraction of sp³-hybridized carbons (Fsp3) is 0.200. The standard InChI is InChI=1S/C30H28BrFN4O3/c1-20-23(29(37)34-14-16-35(17-15-34)30(38)33-26-12-5-3-10-24(26)31)19-28(21-8-7-9-22(18-21)39-2)36(20)27-13-6-4-11-25(27)32/h3-13,18-19H,14-17H2,1-2H3,(H,33,38). The number of piperazine rings is 1. The Balaban J connectivity index is 1.40. The van der Waals surface area contributed by atoms with E-state index < -0.39 is 0 Å². The van der Waals surface area contributed by atoms with Gasteiger partial charge in [-0.1, -0.05) is 36.4 Å².